The molecule has 1 aromatic carbocycles. The molecule has 0 saturated carbocycles. The molecule has 0 fully saturated rings. The highest BCUT2D eigenvalue weighted by molar-refractivity contribution is 9.10. The number of benzene rings is 1. The van der Waals surface area contributed by atoms with Gasteiger partial charge in [-0.15, -0.1) is 0 Å². The summed E-state index contributed by atoms with van der Waals surface area (Å²) in [4.78, 5) is 0. The summed E-state index contributed by atoms with van der Waals surface area (Å²) in [6, 6.07) is 1.26. The zero-order chi connectivity index (χ0) is 8.59. The van der Waals surface area contributed by atoms with Crippen LogP contribution in [0.4, 0.5) is 0 Å². The van der Waals surface area contributed by atoms with Crippen LogP contribution in [0.5, 0.6) is 11.5 Å². The van der Waals surface area contributed by atoms with Gasteiger partial charge >= 0.3 is 0 Å². The van der Waals surface area contributed by atoms with Crippen LogP contribution >= 0.6 is 39.1 Å². The zero-order valence-electron chi connectivity index (χ0n) is 5.11. The van der Waals surface area contributed by atoms with Gasteiger partial charge in [0, 0.05) is 0 Å². The number of aromatic hydroxyl groups is 2. The van der Waals surface area contributed by atoms with Crippen molar-refractivity contribution in [2.24, 2.45) is 0 Å². The Bertz CT molecular complexity index is 275. The van der Waals surface area contributed by atoms with Crippen LogP contribution in [0.2, 0.25) is 10.0 Å². The molecule has 0 radical (unpaired) electrons. The average Bonchev–Trinajstić information content (AvgIpc) is 1.97. The molecular weight excluding hydrogens is 255 g/mol. The van der Waals surface area contributed by atoms with E-state index in [2.05, 4.69) is 15.9 Å². The van der Waals surface area contributed by atoms with E-state index >= 15 is 0 Å². The van der Waals surface area contributed by atoms with Crippen molar-refractivity contribution >= 4 is 39.1 Å². The molecule has 0 amide bonds. The molecule has 1 rings (SSSR count). The Balaban J connectivity index is 3.46. The third kappa shape index (κ3) is 1.55. The second-order valence-corrected chi connectivity index (χ2v) is 3.46. The molecule has 1 aromatic rings. The lowest BCUT2D eigenvalue weighted by molar-refractivity contribution is 0.445. The maximum atomic E-state index is 9.11. The number of phenols is 2. The van der Waals surface area contributed by atoms with E-state index in [4.69, 9.17) is 33.4 Å². The molecule has 0 aliphatic heterocycles. The second kappa shape index (κ2) is 3.09. The zero-order valence-corrected chi connectivity index (χ0v) is 8.20. The lowest BCUT2D eigenvalue weighted by Crippen LogP contribution is -1.75. The molecule has 0 aromatic heterocycles. The maximum Gasteiger partial charge on any atom is 0.152 e. The molecule has 0 unspecified atom stereocenters. The summed E-state index contributed by atoms with van der Waals surface area (Å²) in [5, 5.41) is 18.4. The first-order valence-electron chi connectivity index (χ1n) is 2.59. The Hall–Kier alpha value is -0.120. The van der Waals surface area contributed by atoms with Crippen molar-refractivity contribution in [2.75, 3.05) is 0 Å². The third-order valence-corrected chi connectivity index (χ3v) is 2.45. The third-order valence-electron chi connectivity index (χ3n) is 1.12. The highest BCUT2D eigenvalue weighted by Gasteiger charge is 2.12. The SMILES string of the molecule is Oc1c(Cl)cc(Cl)c(O)c1Br. The van der Waals surface area contributed by atoms with E-state index in [1.54, 1.807) is 0 Å². The van der Waals surface area contributed by atoms with Crippen LogP contribution in [-0.2, 0) is 0 Å². The minimum atomic E-state index is -0.214. The monoisotopic (exact) mass is 256 g/mol. The summed E-state index contributed by atoms with van der Waals surface area (Å²) >= 11 is 13.9. The van der Waals surface area contributed by atoms with E-state index in [1.807, 2.05) is 0 Å². The minimum absolute atomic E-state index is 0.0969. The van der Waals surface area contributed by atoms with Crippen molar-refractivity contribution in [1.29, 1.82) is 0 Å². The van der Waals surface area contributed by atoms with E-state index in [0.29, 0.717) is 0 Å². The fourth-order valence-corrected chi connectivity index (χ4v) is 1.69. The summed E-state index contributed by atoms with van der Waals surface area (Å²) < 4.78 is 0.106. The van der Waals surface area contributed by atoms with Gasteiger partial charge in [-0.25, -0.2) is 0 Å². The molecule has 0 atom stereocenters. The molecule has 0 spiro atoms. The van der Waals surface area contributed by atoms with Gasteiger partial charge in [-0.1, -0.05) is 23.2 Å². The van der Waals surface area contributed by atoms with E-state index in [9.17, 15) is 0 Å². The fraction of sp³-hybridized carbons (Fsp3) is 0. The first-order chi connectivity index (χ1) is 5.04. The highest BCUT2D eigenvalue weighted by atomic mass is 79.9. The molecule has 0 aliphatic rings. The quantitative estimate of drug-likeness (QED) is 0.750. The number of hydrogen-bond donors (Lipinski definition) is 2. The van der Waals surface area contributed by atoms with Crippen molar-refractivity contribution < 1.29 is 10.2 Å². The molecule has 5 heteroatoms. The first-order valence-corrected chi connectivity index (χ1v) is 4.14. The largest absolute Gasteiger partial charge is 0.505 e. The lowest BCUT2D eigenvalue weighted by atomic mass is 10.3. The molecule has 2 nitrogen and oxygen atoms in total. The van der Waals surface area contributed by atoms with Crippen molar-refractivity contribution in [1.82, 2.24) is 0 Å². The van der Waals surface area contributed by atoms with Gasteiger partial charge in [0.05, 0.1) is 10.0 Å². The van der Waals surface area contributed by atoms with Gasteiger partial charge in [-0.2, -0.15) is 0 Å². The number of halogens is 3. The number of rotatable bonds is 0. The van der Waals surface area contributed by atoms with Crippen LogP contribution in [0.3, 0.4) is 0 Å². The summed E-state index contributed by atoms with van der Waals surface area (Å²) in [5.41, 5.74) is 0. The van der Waals surface area contributed by atoms with Crippen molar-refractivity contribution in [3.8, 4) is 11.5 Å². The first kappa shape index (κ1) is 8.97. The van der Waals surface area contributed by atoms with Crippen LogP contribution in [0.1, 0.15) is 0 Å². The second-order valence-electron chi connectivity index (χ2n) is 1.85. The minimum Gasteiger partial charge on any atom is -0.505 e. The van der Waals surface area contributed by atoms with E-state index in [0.717, 1.165) is 0 Å². The Labute approximate surface area is 81.5 Å². The molecule has 0 saturated heterocycles. The lowest BCUT2D eigenvalue weighted by Gasteiger charge is -2.03. The van der Waals surface area contributed by atoms with Crippen LogP contribution < -0.4 is 0 Å². The Morgan fingerprint density at radius 2 is 1.45 bits per heavy atom. The highest BCUT2D eigenvalue weighted by Crippen LogP contribution is 2.42. The van der Waals surface area contributed by atoms with E-state index < -0.39 is 0 Å². The molecule has 11 heavy (non-hydrogen) atoms. The molecule has 2 N–H and O–H groups in total. The van der Waals surface area contributed by atoms with E-state index in [1.165, 1.54) is 6.07 Å². The maximum absolute atomic E-state index is 9.11. The van der Waals surface area contributed by atoms with Gasteiger partial charge in [0.1, 0.15) is 4.47 Å². The normalized spacial score (nSPS) is 10.1. The van der Waals surface area contributed by atoms with Gasteiger partial charge < -0.3 is 10.2 Å². The van der Waals surface area contributed by atoms with Gasteiger partial charge in [0.25, 0.3) is 0 Å². The summed E-state index contributed by atoms with van der Waals surface area (Å²) in [6.07, 6.45) is 0. The van der Waals surface area contributed by atoms with Crippen molar-refractivity contribution in [3.63, 3.8) is 0 Å². The van der Waals surface area contributed by atoms with Gasteiger partial charge in [0.15, 0.2) is 11.5 Å². The standard InChI is InChI=1S/C6H3BrCl2O2/c7-4-5(10)2(8)1-3(9)6(4)11/h1,10-11H. The van der Waals surface area contributed by atoms with Crippen LogP contribution in [-0.4, -0.2) is 10.2 Å². The van der Waals surface area contributed by atoms with Gasteiger partial charge in [0.2, 0.25) is 0 Å². The van der Waals surface area contributed by atoms with Crippen LogP contribution in [0, 0.1) is 0 Å². The van der Waals surface area contributed by atoms with Crippen molar-refractivity contribution in [2.45, 2.75) is 0 Å². The number of phenolic OH excluding ortho intramolecular Hbond substituents is 2. The average molecular weight is 258 g/mol. The smallest absolute Gasteiger partial charge is 0.152 e. The topological polar surface area (TPSA) is 40.5 Å². The molecule has 0 aliphatic carbocycles. The Morgan fingerprint density at radius 3 is 1.82 bits per heavy atom. The van der Waals surface area contributed by atoms with Crippen LogP contribution in [0.25, 0.3) is 0 Å². The summed E-state index contributed by atoms with van der Waals surface area (Å²) in [7, 11) is 0. The summed E-state index contributed by atoms with van der Waals surface area (Å²) in [5.74, 6) is -0.429. The van der Waals surface area contributed by atoms with Crippen molar-refractivity contribution in [3.05, 3.63) is 20.6 Å². The molecule has 0 bridgehead atoms. The van der Waals surface area contributed by atoms with Gasteiger partial charge in [-0.3, -0.25) is 0 Å². The van der Waals surface area contributed by atoms with E-state index in [-0.39, 0.29) is 26.0 Å². The Morgan fingerprint density at radius 1 is 1.09 bits per heavy atom. The molecule has 60 valence electrons. The van der Waals surface area contributed by atoms with Gasteiger partial charge in [-0.05, 0) is 22.0 Å². The molecule has 0 heterocycles. The number of hydrogen-bond acceptors (Lipinski definition) is 2. The predicted octanol–water partition coefficient (Wildman–Crippen LogP) is 3.17. The summed E-state index contributed by atoms with van der Waals surface area (Å²) in [6.45, 7) is 0. The Kier molecular flexibility index (Phi) is 2.52. The molecular formula is C6H3BrCl2O2. The fourth-order valence-electron chi connectivity index (χ4n) is 0.570. The van der Waals surface area contributed by atoms with Crippen LogP contribution in [0.15, 0.2) is 10.5 Å². The predicted molar refractivity (Wildman–Crippen MR) is 47.5 cm³/mol.